The Morgan fingerprint density at radius 2 is 1.88 bits per heavy atom. The van der Waals surface area contributed by atoms with Crippen molar-refractivity contribution in [3.8, 4) is 0 Å². The summed E-state index contributed by atoms with van der Waals surface area (Å²) in [7, 11) is 3.31. The van der Waals surface area contributed by atoms with E-state index in [-0.39, 0.29) is 23.8 Å². The van der Waals surface area contributed by atoms with Crippen LogP contribution in [0.4, 0.5) is 0 Å². The maximum atomic E-state index is 11.8. The molecular formula is C12H24N2O2. The fraction of sp³-hybridized carbons (Fsp3) is 0.833. The molecule has 1 N–H and O–H groups in total. The molecule has 0 heterocycles. The Morgan fingerprint density at radius 1 is 1.31 bits per heavy atom. The van der Waals surface area contributed by atoms with Gasteiger partial charge in [0.1, 0.15) is 6.04 Å². The molecule has 4 heteroatoms. The topological polar surface area (TPSA) is 49.4 Å². The van der Waals surface area contributed by atoms with Crippen LogP contribution in [-0.2, 0) is 9.59 Å². The molecule has 0 aliphatic rings. The third-order valence-corrected chi connectivity index (χ3v) is 2.70. The van der Waals surface area contributed by atoms with Crippen LogP contribution in [0.1, 0.15) is 40.0 Å². The first-order valence-electron chi connectivity index (χ1n) is 5.92. The van der Waals surface area contributed by atoms with Crippen molar-refractivity contribution in [3.63, 3.8) is 0 Å². The molecule has 0 aromatic heterocycles. The van der Waals surface area contributed by atoms with E-state index in [1.54, 1.807) is 19.0 Å². The number of hydrogen-bond donors (Lipinski definition) is 1. The van der Waals surface area contributed by atoms with Crippen LogP contribution in [-0.4, -0.2) is 36.9 Å². The summed E-state index contributed by atoms with van der Waals surface area (Å²) in [5.41, 5.74) is 0. The zero-order valence-corrected chi connectivity index (χ0v) is 11.0. The van der Waals surface area contributed by atoms with Gasteiger partial charge < -0.3 is 10.2 Å². The summed E-state index contributed by atoms with van der Waals surface area (Å²) in [5.74, 6) is 0.0713. The van der Waals surface area contributed by atoms with E-state index in [9.17, 15) is 9.59 Å². The molecule has 0 saturated heterocycles. The van der Waals surface area contributed by atoms with Crippen molar-refractivity contribution < 1.29 is 9.59 Å². The van der Waals surface area contributed by atoms with Gasteiger partial charge in [0.15, 0.2) is 0 Å². The number of unbranched alkanes of at least 4 members (excludes halogenated alkanes) is 1. The molecule has 16 heavy (non-hydrogen) atoms. The highest BCUT2D eigenvalue weighted by Crippen LogP contribution is 2.11. The van der Waals surface area contributed by atoms with Gasteiger partial charge in [-0.25, -0.2) is 0 Å². The zero-order chi connectivity index (χ0) is 12.7. The van der Waals surface area contributed by atoms with E-state index in [2.05, 4.69) is 5.32 Å². The Hall–Kier alpha value is -1.06. The third kappa shape index (κ3) is 4.21. The summed E-state index contributed by atoms with van der Waals surface area (Å²) < 4.78 is 0. The van der Waals surface area contributed by atoms with Crippen LogP contribution < -0.4 is 5.32 Å². The molecule has 0 unspecified atom stereocenters. The lowest BCUT2D eigenvalue weighted by Gasteiger charge is -2.29. The number of likely N-dealkylation sites (N-methyl/N-ethyl adjacent to an activating group) is 2. The van der Waals surface area contributed by atoms with E-state index in [1.807, 2.05) is 20.8 Å². The minimum absolute atomic E-state index is 0.0455. The van der Waals surface area contributed by atoms with Gasteiger partial charge in [0.25, 0.3) is 0 Å². The molecule has 1 atom stereocenters. The Morgan fingerprint density at radius 3 is 2.25 bits per heavy atom. The zero-order valence-electron chi connectivity index (χ0n) is 11.0. The number of hydrogen-bond acceptors (Lipinski definition) is 2. The minimum atomic E-state index is -0.366. The summed E-state index contributed by atoms with van der Waals surface area (Å²) in [4.78, 5) is 25.1. The highest BCUT2D eigenvalue weighted by molar-refractivity contribution is 5.87. The fourth-order valence-electron chi connectivity index (χ4n) is 1.73. The molecule has 0 fully saturated rings. The van der Waals surface area contributed by atoms with Crippen LogP contribution in [0.5, 0.6) is 0 Å². The van der Waals surface area contributed by atoms with Crippen molar-refractivity contribution in [1.82, 2.24) is 10.2 Å². The van der Waals surface area contributed by atoms with Gasteiger partial charge in [0, 0.05) is 20.5 Å². The second-order valence-corrected chi connectivity index (χ2v) is 4.41. The van der Waals surface area contributed by atoms with Gasteiger partial charge in [0.2, 0.25) is 11.8 Å². The van der Waals surface area contributed by atoms with Gasteiger partial charge in [-0.15, -0.1) is 0 Å². The fourth-order valence-corrected chi connectivity index (χ4v) is 1.73. The van der Waals surface area contributed by atoms with Gasteiger partial charge in [-0.1, -0.05) is 27.2 Å². The molecule has 0 rings (SSSR count). The highest BCUT2D eigenvalue weighted by atomic mass is 16.2. The molecule has 0 aromatic carbocycles. The first-order chi connectivity index (χ1) is 7.45. The number of amides is 2. The molecule has 0 spiro atoms. The molecule has 0 aliphatic carbocycles. The van der Waals surface area contributed by atoms with Crippen molar-refractivity contribution >= 4 is 11.8 Å². The molecule has 4 nitrogen and oxygen atoms in total. The molecular weight excluding hydrogens is 204 g/mol. The second-order valence-electron chi connectivity index (χ2n) is 4.41. The summed E-state index contributed by atoms with van der Waals surface area (Å²) >= 11 is 0. The lowest BCUT2D eigenvalue weighted by atomic mass is 10.0. The average molecular weight is 228 g/mol. The summed E-state index contributed by atoms with van der Waals surface area (Å²) in [6, 6.07) is -0.366. The molecule has 2 amide bonds. The van der Waals surface area contributed by atoms with Crippen LogP contribution >= 0.6 is 0 Å². The predicted octanol–water partition coefficient (Wildman–Crippen LogP) is 1.41. The molecule has 0 saturated carbocycles. The van der Waals surface area contributed by atoms with E-state index in [0.717, 1.165) is 12.8 Å². The van der Waals surface area contributed by atoms with E-state index < -0.39 is 0 Å². The van der Waals surface area contributed by atoms with E-state index in [0.29, 0.717) is 6.42 Å². The van der Waals surface area contributed by atoms with Gasteiger partial charge in [-0.05, 0) is 12.3 Å². The monoisotopic (exact) mass is 228 g/mol. The van der Waals surface area contributed by atoms with E-state index >= 15 is 0 Å². The van der Waals surface area contributed by atoms with Crippen molar-refractivity contribution in [1.29, 1.82) is 0 Å². The Labute approximate surface area is 98.4 Å². The number of nitrogens with zero attached hydrogens (tertiary/aromatic N) is 1. The third-order valence-electron chi connectivity index (χ3n) is 2.70. The normalized spacial score (nSPS) is 12.4. The van der Waals surface area contributed by atoms with Crippen LogP contribution in [0.3, 0.4) is 0 Å². The second kappa shape index (κ2) is 7.25. The maximum Gasteiger partial charge on any atom is 0.242 e. The Balaban J connectivity index is 4.54. The molecule has 0 aliphatic heterocycles. The number of carbonyl (C=O) groups excluding carboxylic acids is 2. The standard InChI is InChI=1S/C12H24N2O2/c1-6-7-8-10(15)14(5)11(9(2)3)12(16)13-4/h9,11H,6-8H2,1-5H3,(H,13,16)/t11-/m0/s1. The summed E-state index contributed by atoms with van der Waals surface area (Å²) in [6.45, 7) is 5.94. The van der Waals surface area contributed by atoms with Crippen molar-refractivity contribution in [2.45, 2.75) is 46.1 Å². The van der Waals surface area contributed by atoms with Crippen molar-refractivity contribution in [2.24, 2.45) is 5.92 Å². The lowest BCUT2D eigenvalue weighted by molar-refractivity contribution is -0.140. The SMILES string of the molecule is CCCCC(=O)N(C)[C@H](C(=O)NC)C(C)C. The molecule has 0 aromatic rings. The quantitative estimate of drug-likeness (QED) is 0.747. The van der Waals surface area contributed by atoms with Gasteiger partial charge >= 0.3 is 0 Å². The minimum Gasteiger partial charge on any atom is -0.357 e. The van der Waals surface area contributed by atoms with Crippen molar-refractivity contribution in [2.75, 3.05) is 14.1 Å². The number of carbonyl (C=O) groups is 2. The Kier molecular flexibility index (Phi) is 6.77. The molecule has 0 radical (unpaired) electrons. The summed E-state index contributed by atoms with van der Waals surface area (Å²) in [5, 5.41) is 2.61. The Bertz CT molecular complexity index is 239. The van der Waals surface area contributed by atoms with Crippen LogP contribution in [0, 0.1) is 5.92 Å². The van der Waals surface area contributed by atoms with Crippen LogP contribution in [0.15, 0.2) is 0 Å². The van der Waals surface area contributed by atoms with E-state index in [1.165, 1.54) is 0 Å². The first-order valence-corrected chi connectivity index (χ1v) is 5.92. The number of rotatable bonds is 6. The van der Waals surface area contributed by atoms with Crippen LogP contribution in [0.2, 0.25) is 0 Å². The molecule has 0 bridgehead atoms. The average Bonchev–Trinajstić information content (AvgIpc) is 2.24. The molecule has 94 valence electrons. The number of nitrogens with one attached hydrogen (secondary N) is 1. The van der Waals surface area contributed by atoms with Crippen molar-refractivity contribution in [3.05, 3.63) is 0 Å². The largest absolute Gasteiger partial charge is 0.357 e. The smallest absolute Gasteiger partial charge is 0.242 e. The maximum absolute atomic E-state index is 11.8. The summed E-state index contributed by atoms with van der Waals surface area (Å²) in [6.07, 6.45) is 2.39. The van der Waals surface area contributed by atoms with Gasteiger partial charge in [0.05, 0.1) is 0 Å². The van der Waals surface area contributed by atoms with Gasteiger partial charge in [-0.2, -0.15) is 0 Å². The first kappa shape index (κ1) is 14.9. The lowest BCUT2D eigenvalue weighted by Crippen LogP contribution is -2.49. The van der Waals surface area contributed by atoms with Gasteiger partial charge in [-0.3, -0.25) is 9.59 Å². The van der Waals surface area contributed by atoms with Crippen LogP contribution in [0.25, 0.3) is 0 Å². The highest BCUT2D eigenvalue weighted by Gasteiger charge is 2.28. The predicted molar refractivity (Wildman–Crippen MR) is 65.0 cm³/mol. The van der Waals surface area contributed by atoms with E-state index in [4.69, 9.17) is 0 Å².